The first kappa shape index (κ1) is 20.0. The van der Waals surface area contributed by atoms with Crippen molar-refractivity contribution in [3.05, 3.63) is 64.1 Å². The molecule has 0 aliphatic heterocycles. The highest BCUT2D eigenvalue weighted by molar-refractivity contribution is 8.00. The number of nitrogens with one attached hydrogen (secondary N) is 1. The minimum atomic E-state index is -0.353. The molecule has 5 nitrogen and oxygen atoms in total. The van der Waals surface area contributed by atoms with E-state index in [0.29, 0.717) is 27.3 Å². The molecule has 1 unspecified atom stereocenters. The molecule has 1 amide bonds. The minimum absolute atomic E-state index is 0.144. The highest BCUT2D eigenvalue weighted by atomic mass is 35.5. The highest BCUT2D eigenvalue weighted by Gasteiger charge is 2.22. The average Bonchev–Trinajstić information content (AvgIpc) is 3.11. The third kappa shape index (κ3) is 3.92. The smallest absolute Gasteiger partial charge is 0.238 e. The van der Waals surface area contributed by atoms with Crippen LogP contribution in [0.4, 0.5) is 5.69 Å². The van der Waals surface area contributed by atoms with Gasteiger partial charge in [-0.25, -0.2) is 0 Å². The predicted molar refractivity (Wildman–Crippen MR) is 120 cm³/mol. The average molecular weight is 445 g/mol. The van der Waals surface area contributed by atoms with Gasteiger partial charge in [-0.3, -0.25) is 9.20 Å². The quantitative estimate of drug-likeness (QED) is 0.383. The molecule has 1 N–H and O–H groups in total. The molecule has 0 bridgehead atoms. The van der Waals surface area contributed by atoms with Gasteiger partial charge in [0, 0.05) is 10.4 Å². The van der Waals surface area contributed by atoms with Crippen LogP contribution in [0.3, 0.4) is 0 Å². The number of nitrogens with zero attached hydrogens (tertiary/aromatic N) is 3. The fraction of sp³-hybridized carbons (Fsp3) is 0.190. The first-order chi connectivity index (χ1) is 14.0. The second kappa shape index (κ2) is 8.22. The molecule has 0 aliphatic rings. The number of pyridine rings is 1. The Bertz CT molecular complexity index is 1220. The van der Waals surface area contributed by atoms with E-state index >= 15 is 0 Å². The summed E-state index contributed by atoms with van der Waals surface area (Å²) in [6.07, 6.45) is 0.625. The lowest BCUT2D eigenvalue weighted by atomic mass is 10.1. The molecule has 0 aliphatic carbocycles. The standard InChI is InChI=1S/C21H18Cl2N4OS/c1-3-18(20(28)24-16-9-8-13(22)11-15(16)23)29-21-26-25-19-10-12(2)14-6-4-5-7-17(14)27(19)21/h4-11,18H,3H2,1-2H3,(H,24,28). The lowest BCUT2D eigenvalue weighted by Gasteiger charge is -2.15. The number of aromatic nitrogens is 3. The van der Waals surface area contributed by atoms with Crippen molar-refractivity contribution in [2.45, 2.75) is 30.7 Å². The van der Waals surface area contributed by atoms with E-state index in [1.165, 1.54) is 11.8 Å². The number of amides is 1. The van der Waals surface area contributed by atoms with Gasteiger partial charge in [-0.05, 0) is 49.2 Å². The molecule has 4 aromatic rings. The summed E-state index contributed by atoms with van der Waals surface area (Å²) in [5.74, 6) is -0.144. The second-order valence-electron chi connectivity index (χ2n) is 6.65. The van der Waals surface area contributed by atoms with Gasteiger partial charge in [0.15, 0.2) is 10.8 Å². The summed E-state index contributed by atoms with van der Waals surface area (Å²) in [5.41, 5.74) is 3.46. The summed E-state index contributed by atoms with van der Waals surface area (Å²) >= 11 is 13.5. The summed E-state index contributed by atoms with van der Waals surface area (Å²) in [6, 6.07) is 15.1. The largest absolute Gasteiger partial charge is 0.324 e. The fourth-order valence-corrected chi connectivity index (χ4v) is 4.63. The van der Waals surface area contributed by atoms with Gasteiger partial charge in [-0.15, -0.1) is 10.2 Å². The number of thioether (sulfide) groups is 1. The Hall–Kier alpha value is -2.28. The maximum atomic E-state index is 12.9. The molecule has 4 rings (SSSR count). The zero-order chi connectivity index (χ0) is 20.5. The molecule has 0 spiro atoms. The first-order valence-electron chi connectivity index (χ1n) is 9.14. The maximum Gasteiger partial charge on any atom is 0.238 e. The van der Waals surface area contributed by atoms with Crippen LogP contribution in [0.25, 0.3) is 16.6 Å². The van der Waals surface area contributed by atoms with Gasteiger partial charge < -0.3 is 5.32 Å². The van der Waals surface area contributed by atoms with Gasteiger partial charge in [0.05, 0.1) is 21.5 Å². The summed E-state index contributed by atoms with van der Waals surface area (Å²) in [4.78, 5) is 12.9. The zero-order valence-electron chi connectivity index (χ0n) is 15.8. The Morgan fingerprint density at radius 2 is 1.97 bits per heavy atom. The van der Waals surface area contributed by atoms with Crippen LogP contribution in [-0.4, -0.2) is 25.8 Å². The van der Waals surface area contributed by atoms with Crippen molar-refractivity contribution in [2.75, 3.05) is 5.32 Å². The number of benzene rings is 2. The van der Waals surface area contributed by atoms with Crippen LogP contribution in [0.2, 0.25) is 10.0 Å². The van der Waals surface area contributed by atoms with Crippen molar-refractivity contribution in [3.8, 4) is 0 Å². The Balaban J connectivity index is 1.66. The van der Waals surface area contributed by atoms with Crippen LogP contribution in [0.1, 0.15) is 18.9 Å². The summed E-state index contributed by atoms with van der Waals surface area (Å²) in [6.45, 7) is 4.02. The van der Waals surface area contributed by atoms with E-state index in [1.807, 2.05) is 35.6 Å². The predicted octanol–water partition coefficient (Wildman–Crippen LogP) is 6.01. The normalized spacial score (nSPS) is 12.4. The van der Waals surface area contributed by atoms with Gasteiger partial charge in [0.25, 0.3) is 0 Å². The van der Waals surface area contributed by atoms with E-state index in [9.17, 15) is 4.79 Å². The molecule has 0 fully saturated rings. The molecule has 29 heavy (non-hydrogen) atoms. The zero-order valence-corrected chi connectivity index (χ0v) is 18.1. The van der Waals surface area contributed by atoms with E-state index in [4.69, 9.17) is 23.2 Å². The maximum absolute atomic E-state index is 12.9. The lowest BCUT2D eigenvalue weighted by Crippen LogP contribution is -2.25. The molecule has 1 atom stereocenters. The SMILES string of the molecule is CCC(Sc1nnc2cc(C)c3ccccc3n12)C(=O)Nc1ccc(Cl)cc1Cl. The van der Waals surface area contributed by atoms with Gasteiger partial charge in [0.2, 0.25) is 5.91 Å². The highest BCUT2D eigenvalue weighted by Crippen LogP contribution is 2.31. The molecule has 0 saturated carbocycles. The van der Waals surface area contributed by atoms with Crippen molar-refractivity contribution in [3.63, 3.8) is 0 Å². The van der Waals surface area contributed by atoms with Crippen LogP contribution in [0, 0.1) is 6.92 Å². The van der Waals surface area contributed by atoms with E-state index in [2.05, 4.69) is 28.5 Å². The summed E-state index contributed by atoms with van der Waals surface area (Å²) < 4.78 is 2.00. The number of para-hydroxylation sites is 1. The number of hydrogen-bond acceptors (Lipinski definition) is 4. The minimum Gasteiger partial charge on any atom is -0.324 e. The molecule has 2 heterocycles. The first-order valence-corrected chi connectivity index (χ1v) is 10.8. The van der Waals surface area contributed by atoms with Crippen LogP contribution in [0.5, 0.6) is 0 Å². The van der Waals surface area contributed by atoms with Crippen LogP contribution >= 0.6 is 35.0 Å². The molecule has 2 aromatic heterocycles. The van der Waals surface area contributed by atoms with Gasteiger partial charge >= 0.3 is 0 Å². The number of aryl methyl sites for hydroxylation is 1. The van der Waals surface area contributed by atoms with Crippen molar-refractivity contribution in [2.24, 2.45) is 0 Å². The number of hydrogen-bond donors (Lipinski definition) is 1. The topological polar surface area (TPSA) is 59.3 Å². The van der Waals surface area contributed by atoms with Crippen molar-refractivity contribution >= 4 is 63.1 Å². The number of anilines is 1. The van der Waals surface area contributed by atoms with E-state index in [-0.39, 0.29) is 11.2 Å². The number of carbonyl (C=O) groups is 1. The Morgan fingerprint density at radius 3 is 2.72 bits per heavy atom. The van der Waals surface area contributed by atoms with Crippen molar-refractivity contribution in [1.82, 2.24) is 14.6 Å². The molecule has 148 valence electrons. The monoisotopic (exact) mass is 444 g/mol. The summed E-state index contributed by atoms with van der Waals surface area (Å²) in [7, 11) is 0. The van der Waals surface area contributed by atoms with Gasteiger partial charge in [0.1, 0.15) is 0 Å². The van der Waals surface area contributed by atoms with Crippen molar-refractivity contribution in [1.29, 1.82) is 0 Å². The molecular formula is C21H18Cl2N4OS. The van der Waals surface area contributed by atoms with E-state index in [1.54, 1.807) is 18.2 Å². The molecule has 0 saturated heterocycles. The van der Waals surface area contributed by atoms with Crippen LogP contribution in [-0.2, 0) is 4.79 Å². The number of fused-ring (bicyclic) bond motifs is 3. The van der Waals surface area contributed by atoms with Crippen molar-refractivity contribution < 1.29 is 4.79 Å². The number of halogens is 2. The Morgan fingerprint density at radius 1 is 1.17 bits per heavy atom. The molecule has 2 aromatic carbocycles. The molecule has 0 radical (unpaired) electrons. The Kier molecular flexibility index (Phi) is 5.67. The van der Waals surface area contributed by atoms with Gasteiger partial charge in [-0.2, -0.15) is 0 Å². The fourth-order valence-electron chi connectivity index (χ4n) is 3.20. The Labute approximate surface area is 182 Å². The molecular weight excluding hydrogens is 427 g/mol. The van der Waals surface area contributed by atoms with Gasteiger partial charge in [-0.1, -0.05) is 60.1 Å². The molecule has 8 heteroatoms. The van der Waals surface area contributed by atoms with Crippen LogP contribution < -0.4 is 5.32 Å². The second-order valence-corrected chi connectivity index (χ2v) is 8.66. The lowest BCUT2D eigenvalue weighted by molar-refractivity contribution is -0.115. The van der Waals surface area contributed by atoms with E-state index in [0.717, 1.165) is 22.1 Å². The van der Waals surface area contributed by atoms with Crippen LogP contribution in [0.15, 0.2) is 53.7 Å². The third-order valence-corrected chi connectivity index (χ3v) is 6.53. The number of carbonyl (C=O) groups excluding carboxylic acids is 1. The summed E-state index contributed by atoms with van der Waals surface area (Å²) in [5, 5.41) is 13.9. The number of rotatable bonds is 5. The van der Waals surface area contributed by atoms with E-state index < -0.39 is 0 Å². The third-order valence-electron chi connectivity index (χ3n) is 4.67.